The number of amides is 1. The normalized spacial score (nSPS) is 23.7. The molecule has 0 spiro atoms. The quantitative estimate of drug-likeness (QED) is 0.882. The molecule has 0 atom stereocenters. The first-order chi connectivity index (χ1) is 8.63. The highest BCUT2D eigenvalue weighted by molar-refractivity contribution is 6.30. The largest absolute Gasteiger partial charge is 0.353 e. The van der Waals surface area contributed by atoms with Gasteiger partial charge in [-0.05, 0) is 43.4 Å². The molecule has 4 heteroatoms. The van der Waals surface area contributed by atoms with Gasteiger partial charge >= 0.3 is 0 Å². The number of rotatable bonds is 3. The summed E-state index contributed by atoms with van der Waals surface area (Å²) in [7, 11) is 0. The van der Waals surface area contributed by atoms with Gasteiger partial charge in [0.1, 0.15) is 0 Å². The van der Waals surface area contributed by atoms with Gasteiger partial charge in [-0.3, -0.25) is 4.79 Å². The minimum absolute atomic E-state index is 0.0674. The fourth-order valence-corrected chi connectivity index (χ4v) is 2.59. The summed E-state index contributed by atoms with van der Waals surface area (Å²) in [6, 6.07) is 8.03. The lowest BCUT2D eigenvalue weighted by molar-refractivity contribution is -0.121. The number of carbonyl (C=O) groups is 1. The van der Waals surface area contributed by atoms with Gasteiger partial charge in [0.05, 0.1) is 6.42 Å². The highest BCUT2D eigenvalue weighted by Gasteiger charge is 2.19. The molecule has 1 aromatic carbocycles. The van der Waals surface area contributed by atoms with Gasteiger partial charge in [-0.25, -0.2) is 0 Å². The molecule has 0 saturated heterocycles. The Balaban J connectivity index is 1.82. The van der Waals surface area contributed by atoms with Gasteiger partial charge in [0.25, 0.3) is 0 Å². The molecule has 3 nitrogen and oxygen atoms in total. The van der Waals surface area contributed by atoms with Crippen LogP contribution in [0.1, 0.15) is 31.2 Å². The number of benzene rings is 1. The van der Waals surface area contributed by atoms with E-state index < -0.39 is 0 Å². The van der Waals surface area contributed by atoms with Crippen LogP contribution in [0, 0.1) is 0 Å². The highest BCUT2D eigenvalue weighted by atomic mass is 35.5. The molecule has 1 aliphatic carbocycles. The second-order valence-electron chi connectivity index (χ2n) is 4.99. The van der Waals surface area contributed by atoms with Gasteiger partial charge in [-0.15, -0.1) is 0 Å². The summed E-state index contributed by atoms with van der Waals surface area (Å²) in [5, 5.41) is 3.74. The maximum absolute atomic E-state index is 11.9. The van der Waals surface area contributed by atoms with Gasteiger partial charge in [0.2, 0.25) is 5.91 Å². The number of nitrogens with two attached hydrogens (primary N) is 1. The topological polar surface area (TPSA) is 55.1 Å². The van der Waals surface area contributed by atoms with E-state index in [1.165, 1.54) is 0 Å². The van der Waals surface area contributed by atoms with E-state index in [-0.39, 0.29) is 11.9 Å². The smallest absolute Gasteiger partial charge is 0.224 e. The summed E-state index contributed by atoms with van der Waals surface area (Å²) >= 11 is 5.89. The molecule has 0 bridgehead atoms. The van der Waals surface area contributed by atoms with Crippen LogP contribution in [0.5, 0.6) is 0 Å². The molecule has 0 heterocycles. The van der Waals surface area contributed by atoms with Crippen molar-refractivity contribution in [3.8, 4) is 0 Å². The lowest BCUT2D eigenvalue weighted by atomic mass is 9.91. The molecule has 2 rings (SSSR count). The first-order valence-electron chi connectivity index (χ1n) is 6.43. The monoisotopic (exact) mass is 266 g/mol. The first kappa shape index (κ1) is 13.4. The molecule has 1 amide bonds. The number of carbonyl (C=O) groups excluding carboxylic acids is 1. The zero-order chi connectivity index (χ0) is 13.0. The van der Waals surface area contributed by atoms with Crippen LogP contribution in [0.4, 0.5) is 0 Å². The predicted octanol–water partition coefficient (Wildman–Crippen LogP) is 2.27. The van der Waals surface area contributed by atoms with Crippen LogP contribution >= 0.6 is 11.6 Å². The molecule has 3 N–H and O–H groups in total. The van der Waals surface area contributed by atoms with Crippen LogP contribution in [0.3, 0.4) is 0 Å². The highest BCUT2D eigenvalue weighted by Crippen LogP contribution is 2.17. The lowest BCUT2D eigenvalue weighted by Gasteiger charge is -2.26. The van der Waals surface area contributed by atoms with Gasteiger partial charge in [-0.2, -0.15) is 0 Å². The van der Waals surface area contributed by atoms with Crippen molar-refractivity contribution >= 4 is 17.5 Å². The number of hydrogen-bond acceptors (Lipinski definition) is 2. The SMILES string of the molecule is NC1CCC(NC(=O)Cc2cccc(Cl)c2)CC1. The van der Waals surface area contributed by atoms with Crippen molar-refractivity contribution < 1.29 is 4.79 Å². The third-order valence-electron chi connectivity index (χ3n) is 3.39. The van der Waals surface area contributed by atoms with Crippen LogP contribution in [0.15, 0.2) is 24.3 Å². The van der Waals surface area contributed by atoms with E-state index in [2.05, 4.69) is 5.32 Å². The Labute approximate surface area is 113 Å². The van der Waals surface area contributed by atoms with Crippen LogP contribution < -0.4 is 11.1 Å². The fraction of sp³-hybridized carbons (Fsp3) is 0.500. The summed E-state index contributed by atoms with van der Waals surface area (Å²) in [6.07, 6.45) is 4.37. The van der Waals surface area contributed by atoms with Gasteiger partial charge in [0.15, 0.2) is 0 Å². The molecule has 1 fully saturated rings. The summed E-state index contributed by atoms with van der Waals surface area (Å²) in [4.78, 5) is 11.9. The number of nitrogens with one attached hydrogen (secondary N) is 1. The van der Waals surface area contributed by atoms with E-state index in [1.807, 2.05) is 24.3 Å². The van der Waals surface area contributed by atoms with Gasteiger partial charge in [-0.1, -0.05) is 23.7 Å². The summed E-state index contributed by atoms with van der Waals surface area (Å²) in [5.41, 5.74) is 6.79. The van der Waals surface area contributed by atoms with Gasteiger partial charge < -0.3 is 11.1 Å². The van der Waals surface area contributed by atoms with Crippen molar-refractivity contribution in [1.82, 2.24) is 5.32 Å². The predicted molar refractivity (Wildman–Crippen MR) is 73.5 cm³/mol. The molecule has 0 radical (unpaired) electrons. The Morgan fingerprint density at radius 3 is 2.72 bits per heavy atom. The Hall–Kier alpha value is -1.06. The maximum atomic E-state index is 11.9. The summed E-state index contributed by atoms with van der Waals surface area (Å²) in [5.74, 6) is 0.0674. The fourth-order valence-electron chi connectivity index (χ4n) is 2.37. The van der Waals surface area contributed by atoms with E-state index in [0.717, 1.165) is 31.2 Å². The third-order valence-corrected chi connectivity index (χ3v) is 3.63. The maximum Gasteiger partial charge on any atom is 0.224 e. The number of halogens is 1. The molecule has 18 heavy (non-hydrogen) atoms. The first-order valence-corrected chi connectivity index (χ1v) is 6.80. The molecular weight excluding hydrogens is 248 g/mol. The Morgan fingerprint density at radius 2 is 2.06 bits per heavy atom. The zero-order valence-corrected chi connectivity index (χ0v) is 11.1. The lowest BCUT2D eigenvalue weighted by Crippen LogP contribution is -2.41. The van der Waals surface area contributed by atoms with Crippen molar-refractivity contribution in [2.24, 2.45) is 5.73 Å². The molecule has 0 unspecified atom stereocenters. The summed E-state index contributed by atoms with van der Waals surface area (Å²) < 4.78 is 0. The van der Waals surface area contributed by atoms with Crippen LogP contribution in [0.2, 0.25) is 5.02 Å². The second-order valence-corrected chi connectivity index (χ2v) is 5.42. The molecule has 98 valence electrons. The standard InChI is InChI=1S/C14H19ClN2O/c15-11-3-1-2-10(8-11)9-14(18)17-13-6-4-12(16)5-7-13/h1-3,8,12-13H,4-7,9,16H2,(H,17,18). The van der Waals surface area contributed by atoms with E-state index in [9.17, 15) is 4.79 Å². The zero-order valence-electron chi connectivity index (χ0n) is 10.4. The Bertz CT molecular complexity index is 414. The van der Waals surface area contributed by atoms with E-state index in [1.54, 1.807) is 0 Å². The van der Waals surface area contributed by atoms with Crippen molar-refractivity contribution in [2.75, 3.05) is 0 Å². The Kier molecular flexibility index (Phi) is 4.61. The Morgan fingerprint density at radius 1 is 1.33 bits per heavy atom. The molecule has 1 saturated carbocycles. The average molecular weight is 267 g/mol. The van der Waals surface area contributed by atoms with E-state index >= 15 is 0 Å². The van der Waals surface area contributed by atoms with Crippen molar-refractivity contribution in [1.29, 1.82) is 0 Å². The van der Waals surface area contributed by atoms with Gasteiger partial charge in [0, 0.05) is 17.1 Å². The molecule has 0 aromatic heterocycles. The molecule has 1 aromatic rings. The summed E-state index contributed by atoms with van der Waals surface area (Å²) in [6.45, 7) is 0. The second kappa shape index (κ2) is 6.21. The minimum Gasteiger partial charge on any atom is -0.353 e. The average Bonchev–Trinajstić information content (AvgIpc) is 2.32. The van der Waals surface area contributed by atoms with Crippen LogP contribution in [-0.2, 0) is 11.2 Å². The van der Waals surface area contributed by atoms with Crippen LogP contribution in [-0.4, -0.2) is 18.0 Å². The van der Waals surface area contributed by atoms with Crippen LogP contribution in [0.25, 0.3) is 0 Å². The number of hydrogen-bond donors (Lipinski definition) is 2. The minimum atomic E-state index is 0.0674. The third kappa shape index (κ3) is 4.00. The molecule has 0 aliphatic heterocycles. The van der Waals surface area contributed by atoms with Crippen molar-refractivity contribution in [2.45, 2.75) is 44.2 Å². The van der Waals surface area contributed by atoms with E-state index in [0.29, 0.717) is 17.5 Å². The van der Waals surface area contributed by atoms with E-state index in [4.69, 9.17) is 17.3 Å². The van der Waals surface area contributed by atoms with Crippen molar-refractivity contribution in [3.63, 3.8) is 0 Å². The molecule has 1 aliphatic rings. The molecular formula is C14H19ClN2O. The van der Waals surface area contributed by atoms with Crippen molar-refractivity contribution in [3.05, 3.63) is 34.9 Å².